The topological polar surface area (TPSA) is 29.3 Å². The third kappa shape index (κ3) is 2.73. The zero-order chi connectivity index (χ0) is 10.9. The Morgan fingerprint density at radius 1 is 1.40 bits per heavy atom. The molecule has 0 bridgehead atoms. The number of benzene rings is 1. The van der Waals surface area contributed by atoms with Crippen molar-refractivity contribution in [3.8, 4) is 0 Å². The molecule has 0 aliphatic heterocycles. The average Bonchev–Trinajstić information content (AvgIpc) is 2.95. The van der Waals surface area contributed by atoms with Crippen LogP contribution in [0.15, 0.2) is 28.7 Å². The molecule has 15 heavy (non-hydrogen) atoms. The molecule has 0 amide bonds. The van der Waals surface area contributed by atoms with Crippen LogP contribution < -0.4 is 10.6 Å². The molecule has 2 nitrogen and oxygen atoms in total. The Kier molecular flexibility index (Phi) is 3.03. The van der Waals surface area contributed by atoms with Crippen molar-refractivity contribution in [1.29, 1.82) is 0 Å². The lowest BCUT2D eigenvalue weighted by molar-refractivity contribution is 0.606. The highest BCUT2D eigenvalue weighted by atomic mass is 79.9. The average molecular weight is 269 g/mol. The van der Waals surface area contributed by atoms with Gasteiger partial charge in [-0.05, 0) is 47.3 Å². The second-order valence-electron chi connectivity index (χ2n) is 4.49. The number of anilines is 1. The Bertz CT molecular complexity index is 347. The summed E-state index contributed by atoms with van der Waals surface area (Å²) >= 11 is 3.56. The maximum atomic E-state index is 6.07. The van der Waals surface area contributed by atoms with Gasteiger partial charge in [0, 0.05) is 23.6 Å². The highest BCUT2D eigenvalue weighted by molar-refractivity contribution is 9.10. The van der Waals surface area contributed by atoms with Gasteiger partial charge in [0.1, 0.15) is 0 Å². The molecule has 3 heteroatoms. The number of rotatable bonds is 4. The van der Waals surface area contributed by atoms with Crippen LogP contribution in [-0.2, 0) is 0 Å². The van der Waals surface area contributed by atoms with Gasteiger partial charge in [0.25, 0.3) is 0 Å². The molecule has 1 saturated carbocycles. The molecule has 0 saturated heterocycles. The number of nitrogens with zero attached hydrogens (tertiary/aromatic N) is 1. The predicted octanol–water partition coefficient (Wildman–Crippen LogP) is 2.77. The van der Waals surface area contributed by atoms with Crippen LogP contribution >= 0.6 is 15.9 Å². The first-order valence-corrected chi connectivity index (χ1v) is 6.15. The standard InChI is InChI=1S/C12H17BrN2/c1-15(9-8-12(14)6-7-12)11-5-3-2-4-10(11)13/h2-5H,6-9,14H2,1H3. The van der Waals surface area contributed by atoms with Gasteiger partial charge in [-0.25, -0.2) is 0 Å². The lowest BCUT2D eigenvalue weighted by Gasteiger charge is -2.22. The summed E-state index contributed by atoms with van der Waals surface area (Å²) in [5.74, 6) is 0. The molecular formula is C12H17BrN2. The van der Waals surface area contributed by atoms with Gasteiger partial charge < -0.3 is 10.6 Å². The molecule has 0 heterocycles. The van der Waals surface area contributed by atoms with Gasteiger partial charge in [-0.2, -0.15) is 0 Å². The molecule has 2 N–H and O–H groups in total. The second-order valence-corrected chi connectivity index (χ2v) is 5.34. The summed E-state index contributed by atoms with van der Waals surface area (Å²) in [6, 6.07) is 8.29. The Hall–Kier alpha value is -0.540. The first-order chi connectivity index (χ1) is 7.11. The van der Waals surface area contributed by atoms with E-state index in [0.717, 1.165) is 17.4 Å². The predicted molar refractivity (Wildman–Crippen MR) is 68.2 cm³/mol. The third-order valence-electron chi connectivity index (χ3n) is 3.10. The summed E-state index contributed by atoms with van der Waals surface area (Å²) in [5, 5.41) is 0. The van der Waals surface area contributed by atoms with Gasteiger partial charge in [-0.3, -0.25) is 0 Å². The van der Waals surface area contributed by atoms with Crippen molar-refractivity contribution in [3.63, 3.8) is 0 Å². The van der Waals surface area contributed by atoms with E-state index < -0.39 is 0 Å². The van der Waals surface area contributed by atoms with Crippen LogP contribution in [0, 0.1) is 0 Å². The van der Waals surface area contributed by atoms with Crippen molar-refractivity contribution >= 4 is 21.6 Å². The van der Waals surface area contributed by atoms with Gasteiger partial charge >= 0.3 is 0 Å². The molecular weight excluding hydrogens is 252 g/mol. The number of hydrogen-bond donors (Lipinski definition) is 1. The fourth-order valence-corrected chi connectivity index (χ4v) is 2.27. The minimum Gasteiger partial charge on any atom is -0.374 e. The van der Waals surface area contributed by atoms with E-state index in [0.29, 0.717) is 0 Å². The van der Waals surface area contributed by atoms with E-state index in [4.69, 9.17) is 5.73 Å². The van der Waals surface area contributed by atoms with Crippen LogP contribution in [0.25, 0.3) is 0 Å². The van der Waals surface area contributed by atoms with Crippen LogP contribution in [0.3, 0.4) is 0 Å². The van der Waals surface area contributed by atoms with Crippen molar-refractivity contribution in [2.24, 2.45) is 5.73 Å². The van der Waals surface area contributed by atoms with Gasteiger partial charge in [0.05, 0.1) is 5.69 Å². The molecule has 2 rings (SSSR count). The van der Waals surface area contributed by atoms with Crippen molar-refractivity contribution in [2.75, 3.05) is 18.5 Å². The summed E-state index contributed by atoms with van der Waals surface area (Å²) in [4.78, 5) is 2.26. The van der Waals surface area contributed by atoms with E-state index in [1.165, 1.54) is 18.5 Å². The summed E-state index contributed by atoms with van der Waals surface area (Å²) in [7, 11) is 2.12. The van der Waals surface area contributed by atoms with Crippen LogP contribution in [0.2, 0.25) is 0 Å². The molecule has 1 fully saturated rings. The Morgan fingerprint density at radius 3 is 2.67 bits per heavy atom. The second kappa shape index (κ2) is 4.14. The normalized spacial score (nSPS) is 17.5. The van der Waals surface area contributed by atoms with Crippen molar-refractivity contribution in [2.45, 2.75) is 24.8 Å². The minimum atomic E-state index is 0.148. The smallest absolute Gasteiger partial charge is 0.0508 e. The Balaban J connectivity index is 1.95. The molecule has 0 radical (unpaired) electrons. The van der Waals surface area contributed by atoms with Gasteiger partial charge in [-0.1, -0.05) is 12.1 Å². The largest absolute Gasteiger partial charge is 0.374 e. The van der Waals surface area contributed by atoms with Crippen molar-refractivity contribution in [1.82, 2.24) is 0 Å². The zero-order valence-electron chi connectivity index (χ0n) is 9.04. The summed E-state index contributed by atoms with van der Waals surface area (Å²) in [6.07, 6.45) is 3.47. The van der Waals surface area contributed by atoms with Gasteiger partial charge in [0.2, 0.25) is 0 Å². The van der Waals surface area contributed by atoms with Crippen molar-refractivity contribution < 1.29 is 0 Å². The van der Waals surface area contributed by atoms with Crippen LogP contribution in [-0.4, -0.2) is 19.1 Å². The Morgan fingerprint density at radius 2 is 2.07 bits per heavy atom. The van der Waals surface area contributed by atoms with E-state index in [2.05, 4.69) is 46.1 Å². The molecule has 1 aromatic rings. The minimum absolute atomic E-state index is 0.148. The first kappa shape index (κ1) is 11.0. The number of nitrogens with two attached hydrogens (primary N) is 1. The molecule has 0 unspecified atom stereocenters. The maximum absolute atomic E-state index is 6.07. The molecule has 0 spiro atoms. The van der Waals surface area contributed by atoms with E-state index in [1.807, 2.05) is 6.07 Å². The molecule has 0 atom stereocenters. The van der Waals surface area contributed by atoms with E-state index in [-0.39, 0.29) is 5.54 Å². The highest BCUT2D eigenvalue weighted by Gasteiger charge is 2.37. The SMILES string of the molecule is CN(CCC1(N)CC1)c1ccccc1Br. The molecule has 0 aromatic heterocycles. The third-order valence-corrected chi connectivity index (χ3v) is 3.77. The summed E-state index contributed by atoms with van der Waals surface area (Å²) < 4.78 is 1.15. The monoisotopic (exact) mass is 268 g/mol. The number of para-hydroxylation sites is 1. The fourth-order valence-electron chi connectivity index (χ4n) is 1.68. The Labute approximate surface area is 99.6 Å². The summed E-state index contributed by atoms with van der Waals surface area (Å²) in [6.45, 7) is 1.03. The molecule has 82 valence electrons. The molecule has 1 aliphatic carbocycles. The van der Waals surface area contributed by atoms with Crippen LogP contribution in [0.5, 0.6) is 0 Å². The van der Waals surface area contributed by atoms with Gasteiger partial charge in [-0.15, -0.1) is 0 Å². The van der Waals surface area contributed by atoms with E-state index in [9.17, 15) is 0 Å². The van der Waals surface area contributed by atoms with Gasteiger partial charge in [0.15, 0.2) is 0 Å². The fraction of sp³-hybridized carbons (Fsp3) is 0.500. The van der Waals surface area contributed by atoms with Crippen LogP contribution in [0.1, 0.15) is 19.3 Å². The quantitative estimate of drug-likeness (QED) is 0.910. The number of halogens is 1. The molecule has 1 aromatic carbocycles. The lowest BCUT2D eigenvalue weighted by Crippen LogP contribution is -2.29. The van der Waals surface area contributed by atoms with Crippen LogP contribution in [0.4, 0.5) is 5.69 Å². The van der Waals surface area contributed by atoms with E-state index in [1.54, 1.807) is 0 Å². The number of hydrogen-bond acceptors (Lipinski definition) is 2. The zero-order valence-corrected chi connectivity index (χ0v) is 10.6. The first-order valence-electron chi connectivity index (χ1n) is 5.35. The highest BCUT2D eigenvalue weighted by Crippen LogP contribution is 2.36. The molecule has 1 aliphatic rings. The van der Waals surface area contributed by atoms with Crippen molar-refractivity contribution in [3.05, 3.63) is 28.7 Å². The van der Waals surface area contributed by atoms with E-state index >= 15 is 0 Å². The lowest BCUT2D eigenvalue weighted by atomic mass is 10.2. The maximum Gasteiger partial charge on any atom is 0.0508 e. The summed E-state index contributed by atoms with van der Waals surface area (Å²) in [5.41, 5.74) is 7.46.